The van der Waals surface area contributed by atoms with Crippen LogP contribution in [0.25, 0.3) is 0 Å². The third-order valence-corrected chi connectivity index (χ3v) is 0. The second kappa shape index (κ2) is 16.5. The van der Waals surface area contributed by atoms with Crippen LogP contribution in [0.1, 0.15) is 0 Å². The first-order chi connectivity index (χ1) is 0. The van der Waals surface area contributed by atoms with E-state index in [2.05, 4.69) is 0 Å². The van der Waals surface area contributed by atoms with Gasteiger partial charge in [-0.2, -0.15) is 0 Å². The van der Waals surface area contributed by atoms with Crippen LogP contribution in [0, 0.1) is 0 Å². The molecule has 0 N–H and O–H groups in total. The molecule has 0 aromatic carbocycles. The molecule has 0 unspecified atom stereocenters. The largest absolute Gasteiger partial charge is 0 e. The zero-order valence-electron chi connectivity index (χ0n) is 1.72. The summed E-state index contributed by atoms with van der Waals surface area (Å²) in [4.78, 5) is 0. The Hall–Kier alpha value is 3.12. The van der Waals surface area contributed by atoms with Crippen LogP contribution < -0.4 is 0 Å². The summed E-state index contributed by atoms with van der Waals surface area (Å²) in [5.41, 5.74) is 0. The number of hydrogen-bond acceptors (Lipinski definition) is 0. The maximum absolute atomic E-state index is 0. The molecule has 0 saturated carbocycles. The molecule has 0 rings (SSSR count). The summed E-state index contributed by atoms with van der Waals surface area (Å²) in [7, 11) is 0. The summed E-state index contributed by atoms with van der Waals surface area (Å²) in [6, 6.07) is 0. The molecule has 0 fully saturated rings. The summed E-state index contributed by atoms with van der Waals surface area (Å²) < 4.78 is 0. The maximum Gasteiger partial charge on any atom is 0 e. The van der Waals surface area contributed by atoms with Gasteiger partial charge in [0.1, 0.15) is 0 Å². The summed E-state index contributed by atoms with van der Waals surface area (Å²) in [6.07, 6.45) is 0. The summed E-state index contributed by atoms with van der Waals surface area (Å²) in [6.45, 7) is 0. The van der Waals surface area contributed by atoms with E-state index in [0.29, 0.717) is 0 Å². The van der Waals surface area contributed by atoms with E-state index < -0.39 is 0 Å². The van der Waals surface area contributed by atoms with E-state index in [1.54, 1.807) is 0 Å². The third kappa shape index (κ3) is 8.93. The fourth-order valence-electron chi connectivity index (χ4n) is 0. The first-order valence-corrected chi connectivity index (χ1v) is 0. The molecule has 0 spiro atoms. The number of rotatable bonds is 0. The summed E-state index contributed by atoms with van der Waals surface area (Å²) in [5.74, 6) is 0. The van der Waals surface area contributed by atoms with Gasteiger partial charge < -0.3 is 0 Å². The quantitative estimate of drug-likeness (QED) is 0.276. The average molecular weight is 592 g/mol. The molecule has 0 saturated heterocycles. The zero-order chi connectivity index (χ0) is 0. The topological polar surface area (TPSA) is 0 Å². The van der Waals surface area contributed by atoms with Gasteiger partial charge >= 0.3 is 52.0 Å². The standard InChI is InChI=1S/Au.Bi.In.Zn.6H. The van der Waals surface area contributed by atoms with Crippen LogP contribution in [0.5, 0.6) is 0 Å². The molecule has 0 aliphatic heterocycles. The van der Waals surface area contributed by atoms with E-state index in [1.807, 2.05) is 0 Å². The van der Waals surface area contributed by atoms with E-state index in [0.717, 1.165) is 0 Å². The van der Waals surface area contributed by atoms with Crippen molar-refractivity contribution in [1.29, 1.82) is 0 Å². The van der Waals surface area contributed by atoms with Gasteiger partial charge in [0.25, 0.3) is 0 Å². The Bertz CT molecular complexity index is 8.00. The Morgan fingerprint density at radius 2 is 1.00 bits per heavy atom. The van der Waals surface area contributed by atoms with Crippen LogP contribution >= 0.6 is 0 Å². The predicted octanol–water partition coefficient (Wildman–Crippen LogP) is -2.37. The Balaban J connectivity index is 0. The molecule has 0 atom stereocenters. The van der Waals surface area contributed by atoms with Crippen LogP contribution in [-0.2, 0) is 41.9 Å². The molecule has 1 radical (unpaired) electrons. The van der Waals surface area contributed by atoms with Crippen molar-refractivity contribution in [1.82, 2.24) is 0 Å². The van der Waals surface area contributed by atoms with E-state index >= 15 is 0 Å². The van der Waals surface area contributed by atoms with Gasteiger partial charge in [-0.15, -0.1) is 0 Å². The first-order valence-electron chi connectivity index (χ1n) is 0. The Labute approximate surface area is 92.0 Å². The van der Waals surface area contributed by atoms with Crippen LogP contribution in [0.3, 0.4) is 0 Å². The van der Waals surface area contributed by atoms with Crippen molar-refractivity contribution in [3.8, 4) is 0 Å². The van der Waals surface area contributed by atoms with Gasteiger partial charge in [-0.1, -0.05) is 0 Å². The Kier molecular flexibility index (Phi) is 113. The normalized spacial score (nSPS) is 0. The zero-order valence-corrected chi connectivity index (χ0v) is 12.3. The minimum absolute atomic E-state index is 0. The molecule has 0 heterocycles. The second-order valence-corrected chi connectivity index (χ2v) is 0. The van der Waals surface area contributed by atoms with Crippen LogP contribution in [0.2, 0.25) is 0 Å². The van der Waals surface area contributed by atoms with Gasteiger partial charge in [0.15, 0.2) is 0 Å². The third-order valence-electron chi connectivity index (χ3n) is 0. The van der Waals surface area contributed by atoms with Gasteiger partial charge in [0.05, 0.1) is 0 Å². The van der Waals surface area contributed by atoms with E-state index in [1.165, 1.54) is 0 Å². The molecule has 4 heavy (non-hydrogen) atoms. The van der Waals surface area contributed by atoms with Crippen LogP contribution in [-0.4, -0.2) is 52.0 Å². The van der Waals surface area contributed by atoms with Gasteiger partial charge in [-0.3, -0.25) is 0 Å². The van der Waals surface area contributed by atoms with Gasteiger partial charge in [-0.05, 0) is 0 Å². The molecule has 0 aliphatic rings. The van der Waals surface area contributed by atoms with Crippen molar-refractivity contribution in [2.75, 3.05) is 0 Å². The molecular weight excluding hydrogens is 586 g/mol. The van der Waals surface area contributed by atoms with Crippen molar-refractivity contribution in [3.63, 3.8) is 0 Å². The minimum Gasteiger partial charge on any atom is 0 e. The summed E-state index contributed by atoms with van der Waals surface area (Å²) in [5, 5.41) is 0. The molecule has 0 aromatic rings. The van der Waals surface area contributed by atoms with E-state index in [9.17, 15) is 0 Å². The first kappa shape index (κ1) is 27.4. The molecule has 4 heteroatoms. The van der Waals surface area contributed by atoms with Crippen molar-refractivity contribution >= 4 is 52.0 Å². The Morgan fingerprint density at radius 1 is 1.00 bits per heavy atom. The van der Waals surface area contributed by atoms with Crippen molar-refractivity contribution in [2.45, 2.75) is 0 Å². The monoisotopic (exact) mass is 591 g/mol. The average Bonchev–Trinajstić information content (AvgIpc) is 0. The Morgan fingerprint density at radius 3 is 1.00 bits per heavy atom. The smallest absolute Gasteiger partial charge is 0 e. The van der Waals surface area contributed by atoms with Gasteiger partial charge in [0, 0.05) is 41.9 Å². The maximum atomic E-state index is 0. The van der Waals surface area contributed by atoms with Crippen molar-refractivity contribution < 1.29 is 41.9 Å². The molecular formula is H6AuBiInZn. The van der Waals surface area contributed by atoms with Gasteiger partial charge in [-0.25, -0.2) is 0 Å². The number of hydrogen-bond donors (Lipinski definition) is 0. The second-order valence-electron chi connectivity index (χ2n) is 0. The fraction of sp³-hybridized carbons (Fsp3) is 0. The van der Waals surface area contributed by atoms with E-state index in [-0.39, 0.29) is 93.9 Å². The molecule has 0 aromatic heterocycles. The van der Waals surface area contributed by atoms with Crippen LogP contribution in [0.4, 0.5) is 0 Å². The van der Waals surface area contributed by atoms with E-state index in [4.69, 9.17) is 0 Å². The molecule has 0 nitrogen and oxygen atoms in total. The molecule has 0 amide bonds. The molecule has 0 aliphatic carbocycles. The minimum atomic E-state index is 0. The molecule has 0 bridgehead atoms. The van der Waals surface area contributed by atoms with Gasteiger partial charge in [0.2, 0.25) is 0 Å². The van der Waals surface area contributed by atoms with Crippen molar-refractivity contribution in [3.05, 3.63) is 0 Å². The SMILES string of the molecule is [Au].[BiH3].[InH3].[Zn]. The fourth-order valence-corrected chi connectivity index (χ4v) is 0. The van der Waals surface area contributed by atoms with Crippen molar-refractivity contribution in [2.24, 2.45) is 0 Å². The molecule has 27 valence electrons. The summed E-state index contributed by atoms with van der Waals surface area (Å²) >= 11 is 0. The van der Waals surface area contributed by atoms with Crippen LogP contribution in [0.15, 0.2) is 0 Å². The predicted molar refractivity (Wildman–Crippen MR) is 19.9 cm³/mol.